The van der Waals surface area contributed by atoms with E-state index >= 15 is 0 Å². The van der Waals surface area contributed by atoms with Crippen LogP contribution in [0.1, 0.15) is 11.3 Å². The van der Waals surface area contributed by atoms with Crippen LogP contribution in [0, 0.1) is 0 Å². The van der Waals surface area contributed by atoms with E-state index in [4.69, 9.17) is 4.42 Å². The summed E-state index contributed by atoms with van der Waals surface area (Å²) in [6.07, 6.45) is 2.64. The van der Waals surface area contributed by atoms with Crippen LogP contribution in [0.5, 0.6) is 0 Å². The molecule has 0 aliphatic carbocycles. The summed E-state index contributed by atoms with van der Waals surface area (Å²) >= 11 is 0. The highest BCUT2D eigenvalue weighted by Crippen LogP contribution is 2.19. The van der Waals surface area contributed by atoms with Gasteiger partial charge in [-0.1, -0.05) is 36.4 Å². The maximum absolute atomic E-state index is 5.85. The molecule has 0 spiro atoms. The minimum absolute atomic E-state index is 0. The molecule has 2 aromatic heterocycles. The first-order valence-electron chi connectivity index (χ1n) is 9.08. The number of fused-ring (bicyclic) bond motifs is 2. The maximum atomic E-state index is 5.85. The van der Waals surface area contributed by atoms with E-state index in [1.807, 2.05) is 48.7 Å². The smallest absolute Gasteiger partial charge is 0.191 e. The summed E-state index contributed by atoms with van der Waals surface area (Å²) in [7, 11) is 1.78. The quantitative estimate of drug-likeness (QED) is 0.248. The Balaban J connectivity index is 0.00000225. The molecule has 0 unspecified atom stereocenters. The van der Waals surface area contributed by atoms with Crippen LogP contribution in [0.4, 0.5) is 0 Å². The Labute approximate surface area is 181 Å². The Morgan fingerprint density at radius 2 is 1.86 bits per heavy atom. The number of halogens is 1. The van der Waals surface area contributed by atoms with Crippen molar-refractivity contribution >= 4 is 51.8 Å². The number of guanidine groups is 1. The Morgan fingerprint density at radius 1 is 1.04 bits per heavy atom. The van der Waals surface area contributed by atoms with Gasteiger partial charge in [0.1, 0.15) is 11.3 Å². The Bertz CT molecular complexity index is 1050. The molecule has 0 amide bonds. The molecular formula is C22H23IN4O. The van der Waals surface area contributed by atoms with E-state index in [-0.39, 0.29) is 24.0 Å². The molecule has 0 aliphatic rings. The third kappa shape index (κ3) is 4.62. The van der Waals surface area contributed by atoms with Gasteiger partial charge >= 0.3 is 0 Å². The summed E-state index contributed by atoms with van der Waals surface area (Å²) in [5.41, 5.74) is 3.13. The van der Waals surface area contributed by atoms with Gasteiger partial charge in [0, 0.05) is 43.5 Å². The molecule has 2 heterocycles. The van der Waals surface area contributed by atoms with Gasteiger partial charge in [0.15, 0.2) is 5.96 Å². The number of nitrogens with zero attached hydrogens (tertiary/aromatic N) is 2. The first-order chi connectivity index (χ1) is 13.3. The van der Waals surface area contributed by atoms with Crippen molar-refractivity contribution in [1.29, 1.82) is 0 Å². The first-order valence-corrected chi connectivity index (χ1v) is 9.08. The number of rotatable bonds is 5. The van der Waals surface area contributed by atoms with Crippen LogP contribution in [0.15, 0.2) is 76.3 Å². The number of aliphatic imine (C=N–C) groups is 1. The van der Waals surface area contributed by atoms with Crippen molar-refractivity contribution in [3.8, 4) is 0 Å². The van der Waals surface area contributed by atoms with Gasteiger partial charge in [-0.3, -0.25) is 9.98 Å². The number of hydrogen-bond acceptors (Lipinski definition) is 3. The van der Waals surface area contributed by atoms with E-state index in [2.05, 4.69) is 38.8 Å². The number of aromatic nitrogens is 1. The lowest BCUT2D eigenvalue weighted by Crippen LogP contribution is -2.37. The summed E-state index contributed by atoms with van der Waals surface area (Å²) in [6.45, 7) is 1.43. The van der Waals surface area contributed by atoms with Crippen LogP contribution in [0.3, 0.4) is 0 Å². The molecule has 2 aromatic carbocycles. The average Bonchev–Trinajstić information content (AvgIpc) is 3.13. The minimum Gasteiger partial charge on any atom is -0.461 e. The summed E-state index contributed by atoms with van der Waals surface area (Å²) in [4.78, 5) is 8.71. The van der Waals surface area contributed by atoms with Crippen LogP contribution in [-0.4, -0.2) is 24.5 Å². The van der Waals surface area contributed by atoms with Gasteiger partial charge in [-0.15, -0.1) is 24.0 Å². The molecule has 0 saturated carbocycles. The van der Waals surface area contributed by atoms with Crippen LogP contribution < -0.4 is 10.6 Å². The van der Waals surface area contributed by atoms with E-state index in [0.717, 1.165) is 46.6 Å². The van der Waals surface area contributed by atoms with Crippen LogP contribution in [0.25, 0.3) is 21.9 Å². The van der Waals surface area contributed by atoms with Gasteiger partial charge in [-0.2, -0.15) is 0 Å². The third-order valence-electron chi connectivity index (χ3n) is 4.55. The Morgan fingerprint density at radius 3 is 2.71 bits per heavy atom. The minimum atomic E-state index is 0. The van der Waals surface area contributed by atoms with Crippen molar-refractivity contribution < 1.29 is 4.42 Å². The van der Waals surface area contributed by atoms with Crippen molar-refractivity contribution in [2.75, 3.05) is 13.6 Å². The van der Waals surface area contributed by atoms with Crippen LogP contribution >= 0.6 is 24.0 Å². The number of para-hydroxylation sites is 2. The fourth-order valence-electron chi connectivity index (χ4n) is 3.17. The summed E-state index contributed by atoms with van der Waals surface area (Å²) in [6, 6.07) is 20.4. The Hall–Kier alpha value is -2.61. The lowest BCUT2D eigenvalue weighted by atomic mass is 10.1. The zero-order valence-electron chi connectivity index (χ0n) is 15.7. The summed E-state index contributed by atoms with van der Waals surface area (Å²) in [5, 5.41) is 9.01. The largest absolute Gasteiger partial charge is 0.461 e. The van der Waals surface area contributed by atoms with Crippen molar-refractivity contribution in [2.45, 2.75) is 13.0 Å². The second-order valence-electron chi connectivity index (χ2n) is 6.34. The molecule has 144 valence electrons. The maximum Gasteiger partial charge on any atom is 0.191 e. The average molecular weight is 486 g/mol. The molecule has 0 bridgehead atoms. The first kappa shape index (κ1) is 20.1. The van der Waals surface area contributed by atoms with Crippen molar-refractivity contribution in [2.24, 2.45) is 4.99 Å². The lowest BCUT2D eigenvalue weighted by molar-refractivity contribution is 0.544. The molecule has 0 radical (unpaired) electrons. The Kier molecular flexibility index (Phi) is 6.86. The number of hydrogen-bond donors (Lipinski definition) is 2. The molecule has 2 N–H and O–H groups in total. The number of nitrogens with one attached hydrogen (secondary N) is 2. The highest BCUT2D eigenvalue weighted by Gasteiger charge is 2.05. The van der Waals surface area contributed by atoms with Gasteiger partial charge in [-0.25, -0.2) is 0 Å². The fraction of sp³-hybridized carbons (Fsp3) is 0.182. The third-order valence-corrected chi connectivity index (χ3v) is 4.55. The standard InChI is InChI=1S/C22H22N4O.HI/c1-23-22(25-13-11-18-14-16-6-2-5-9-21(16)27-18)26-15-17-10-12-24-20-8-4-3-7-19(17)20;/h2-10,12,14H,11,13,15H2,1H3,(H2,23,25,26);1H. The SMILES string of the molecule is CN=C(NCCc1cc2ccccc2o1)NCc1ccnc2ccccc12.I. The van der Waals surface area contributed by atoms with Crippen molar-refractivity contribution in [1.82, 2.24) is 15.6 Å². The summed E-state index contributed by atoms with van der Waals surface area (Å²) in [5.74, 6) is 1.74. The molecule has 6 heteroatoms. The number of furan rings is 1. The predicted octanol–water partition coefficient (Wildman–Crippen LogP) is 4.51. The molecule has 4 rings (SSSR count). The molecule has 4 aromatic rings. The van der Waals surface area contributed by atoms with Crippen molar-refractivity contribution in [3.63, 3.8) is 0 Å². The van der Waals surface area contributed by atoms with Gasteiger partial charge < -0.3 is 15.1 Å². The van der Waals surface area contributed by atoms with E-state index in [9.17, 15) is 0 Å². The highest BCUT2D eigenvalue weighted by atomic mass is 127. The zero-order chi connectivity index (χ0) is 18.5. The molecule has 0 atom stereocenters. The fourth-order valence-corrected chi connectivity index (χ4v) is 3.17. The zero-order valence-corrected chi connectivity index (χ0v) is 18.0. The van der Waals surface area contributed by atoms with Gasteiger partial charge in [0.05, 0.1) is 5.52 Å². The monoisotopic (exact) mass is 486 g/mol. The summed E-state index contributed by atoms with van der Waals surface area (Å²) < 4.78 is 5.85. The van der Waals surface area contributed by atoms with Crippen LogP contribution in [-0.2, 0) is 13.0 Å². The van der Waals surface area contributed by atoms with Crippen LogP contribution in [0.2, 0.25) is 0 Å². The normalized spacial score (nSPS) is 11.4. The molecule has 0 saturated heterocycles. The van der Waals surface area contributed by atoms with E-state index < -0.39 is 0 Å². The molecule has 0 fully saturated rings. The molecule has 28 heavy (non-hydrogen) atoms. The predicted molar refractivity (Wildman–Crippen MR) is 125 cm³/mol. The second-order valence-corrected chi connectivity index (χ2v) is 6.34. The highest BCUT2D eigenvalue weighted by molar-refractivity contribution is 14.0. The van der Waals surface area contributed by atoms with Crippen molar-refractivity contribution in [3.05, 3.63) is 78.2 Å². The van der Waals surface area contributed by atoms with E-state index in [1.165, 1.54) is 5.56 Å². The van der Waals surface area contributed by atoms with Gasteiger partial charge in [-0.05, 0) is 29.8 Å². The molecule has 5 nitrogen and oxygen atoms in total. The number of pyridine rings is 1. The van der Waals surface area contributed by atoms with E-state index in [0.29, 0.717) is 6.54 Å². The van der Waals surface area contributed by atoms with Gasteiger partial charge in [0.25, 0.3) is 0 Å². The second kappa shape index (κ2) is 9.54. The molecular weight excluding hydrogens is 463 g/mol. The van der Waals surface area contributed by atoms with E-state index in [1.54, 1.807) is 7.05 Å². The van der Waals surface area contributed by atoms with Gasteiger partial charge in [0.2, 0.25) is 0 Å². The molecule has 0 aliphatic heterocycles. The number of benzene rings is 2. The topological polar surface area (TPSA) is 62.5 Å². The lowest BCUT2D eigenvalue weighted by Gasteiger charge is -2.12.